The lowest BCUT2D eigenvalue weighted by Crippen LogP contribution is -2.59. The van der Waals surface area contributed by atoms with Crippen LogP contribution in [-0.2, 0) is 9.59 Å². The number of nitrogens with one attached hydrogen (secondary N) is 1. The van der Waals surface area contributed by atoms with Gasteiger partial charge in [-0.05, 0) is 24.8 Å². The number of amides is 2. The molecule has 1 aromatic rings. The molecule has 2 rings (SSSR count). The standard InChI is InChI=1S/C16H22N2O2/c1-4-18-13(10-11(2)3)15(19)17-14(16(18)20)12-8-6-5-7-9-12/h5-9,11,13-14H,4,10H2,1-3H3,(H,17,19). The van der Waals surface area contributed by atoms with Crippen LogP contribution in [0.2, 0.25) is 0 Å². The van der Waals surface area contributed by atoms with Crippen LogP contribution < -0.4 is 5.32 Å². The van der Waals surface area contributed by atoms with Gasteiger partial charge in [-0.25, -0.2) is 0 Å². The first-order chi connectivity index (χ1) is 9.54. The van der Waals surface area contributed by atoms with Crippen molar-refractivity contribution >= 4 is 11.8 Å². The zero-order valence-corrected chi connectivity index (χ0v) is 12.3. The summed E-state index contributed by atoms with van der Waals surface area (Å²) in [6, 6.07) is 8.52. The predicted molar refractivity (Wildman–Crippen MR) is 78.0 cm³/mol. The van der Waals surface area contributed by atoms with Crippen molar-refractivity contribution in [3.8, 4) is 0 Å². The molecule has 20 heavy (non-hydrogen) atoms. The maximum atomic E-state index is 12.6. The Hall–Kier alpha value is -1.84. The van der Waals surface area contributed by atoms with Crippen molar-refractivity contribution in [3.63, 3.8) is 0 Å². The van der Waals surface area contributed by atoms with Gasteiger partial charge in [-0.3, -0.25) is 9.59 Å². The molecule has 4 heteroatoms. The Labute approximate surface area is 120 Å². The van der Waals surface area contributed by atoms with E-state index in [1.807, 2.05) is 37.3 Å². The smallest absolute Gasteiger partial charge is 0.250 e. The van der Waals surface area contributed by atoms with Crippen molar-refractivity contribution in [3.05, 3.63) is 35.9 Å². The molecule has 1 aliphatic heterocycles. The van der Waals surface area contributed by atoms with Crippen LogP contribution in [0.3, 0.4) is 0 Å². The van der Waals surface area contributed by atoms with E-state index in [9.17, 15) is 9.59 Å². The van der Waals surface area contributed by atoms with E-state index in [0.717, 1.165) is 5.56 Å². The van der Waals surface area contributed by atoms with Crippen LogP contribution in [0.4, 0.5) is 0 Å². The molecular weight excluding hydrogens is 252 g/mol. The maximum Gasteiger partial charge on any atom is 0.250 e. The SMILES string of the molecule is CCN1C(=O)C(c2ccccc2)NC(=O)C1CC(C)C. The summed E-state index contributed by atoms with van der Waals surface area (Å²) in [5.74, 6) is 0.318. The predicted octanol–water partition coefficient (Wildman–Crippen LogP) is 2.12. The largest absolute Gasteiger partial charge is 0.339 e. The van der Waals surface area contributed by atoms with Crippen molar-refractivity contribution in [2.75, 3.05) is 6.54 Å². The second-order valence-corrected chi connectivity index (χ2v) is 5.62. The summed E-state index contributed by atoms with van der Waals surface area (Å²) >= 11 is 0. The summed E-state index contributed by atoms with van der Waals surface area (Å²) in [6.45, 7) is 6.61. The minimum absolute atomic E-state index is 0.0102. The van der Waals surface area contributed by atoms with E-state index < -0.39 is 6.04 Å². The summed E-state index contributed by atoms with van der Waals surface area (Å²) in [5.41, 5.74) is 0.840. The number of likely N-dealkylation sites (N-methyl/N-ethyl adjacent to an activating group) is 1. The molecule has 4 nitrogen and oxygen atoms in total. The molecule has 0 spiro atoms. The van der Waals surface area contributed by atoms with Crippen LogP contribution in [0.1, 0.15) is 38.8 Å². The molecule has 0 radical (unpaired) electrons. The highest BCUT2D eigenvalue weighted by Gasteiger charge is 2.40. The molecule has 0 aliphatic carbocycles. The molecule has 2 atom stereocenters. The van der Waals surface area contributed by atoms with E-state index in [2.05, 4.69) is 19.2 Å². The molecule has 1 aromatic carbocycles. The topological polar surface area (TPSA) is 49.4 Å². The van der Waals surface area contributed by atoms with Crippen LogP contribution in [0.25, 0.3) is 0 Å². The van der Waals surface area contributed by atoms with E-state index in [4.69, 9.17) is 0 Å². The van der Waals surface area contributed by atoms with Crippen LogP contribution in [0.15, 0.2) is 30.3 Å². The molecular formula is C16H22N2O2. The average molecular weight is 274 g/mol. The summed E-state index contributed by atoms with van der Waals surface area (Å²) in [5, 5.41) is 2.87. The van der Waals surface area contributed by atoms with Gasteiger partial charge in [0.2, 0.25) is 11.8 Å². The first-order valence-corrected chi connectivity index (χ1v) is 7.20. The number of carbonyl (C=O) groups excluding carboxylic acids is 2. The molecule has 1 aliphatic rings. The van der Waals surface area contributed by atoms with Crippen LogP contribution in [0, 0.1) is 5.92 Å². The van der Waals surface area contributed by atoms with Gasteiger partial charge in [0.25, 0.3) is 0 Å². The van der Waals surface area contributed by atoms with Gasteiger partial charge in [0, 0.05) is 6.54 Å². The maximum absolute atomic E-state index is 12.6. The zero-order chi connectivity index (χ0) is 14.7. The third-order valence-corrected chi connectivity index (χ3v) is 3.66. The molecule has 0 aromatic heterocycles. The molecule has 1 heterocycles. The van der Waals surface area contributed by atoms with Crippen molar-refractivity contribution in [2.45, 2.75) is 39.3 Å². The molecule has 1 fully saturated rings. The van der Waals surface area contributed by atoms with Crippen molar-refractivity contribution in [1.82, 2.24) is 10.2 Å². The normalized spacial score (nSPS) is 23.1. The van der Waals surface area contributed by atoms with Gasteiger partial charge in [-0.2, -0.15) is 0 Å². The van der Waals surface area contributed by atoms with E-state index in [1.165, 1.54) is 0 Å². The van der Waals surface area contributed by atoms with Gasteiger partial charge in [0.1, 0.15) is 12.1 Å². The number of piperazine rings is 1. The Kier molecular flexibility index (Phi) is 4.42. The van der Waals surface area contributed by atoms with Crippen LogP contribution >= 0.6 is 0 Å². The van der Waals surface area contributed by atoms with Gasteiger partial charge in [0.15, 0.2) is 0 Å². The number of hydrogen-bond acceptors (Lipinski definition) is 2. The number of carbonyl (C=O) groups is 2. The molecule has 1 N–H and O–H groups in total. The Morgan fingerprint density at radius 1 is 1.20 bits per heavy atom. The number of benzene rings is 1. The zero-order valence-electron chi connectivity index (χ0n) is 12.3. The Bertz CT molecular complexity index is 485. The number of rotatable bonds is 4. The highest BCUT2D eigenvalue weighted by Crippen LogP contribution is 2.24. The average Bonchev–Trinajstić information content (AvgIpc) is 2.43. The quantitative estimate of drug-likeness (QED) is 0.914. The lowest BCUT2D eigenvalue weighted by Gasteiger charge is -2.39. The number of hydrogen-bond donors (Lipinski definition) is 1. The highest BCUT2D eigenvalue weighted by molar-refractivity contribution is 5.97. The second-order valence-electron chi connectivity index (χ2n) is 5.62. The van der Waals surface area contributed by atoms with Crippen molar-refractivity contribution < 1.29 is 9.59 Å². The fraction of sp³-hybridized carbons (Fsp3) is 0.500. The molecule has 0 saturated carbocycles. The monoisotopic (exact) mass is 274 g/mol. The van der Waals surface area contributed by atoms with Gasteiger partial charge < -0.3 is 10.2 Å². The lowest BCUT2D eigenvalue weighted by atomic mass is 9.95. The van der Waals surface area contributed by atoms with Gasteiger partial charge >= 0.3 is 0 Å². The molecule has 108 valence electrons. The highest BCUT2D eigenvalue weighted by atomic mass is 16.2. The minimum atomic E-state index is -0.549. The van der Waals surface area contributed by atoms with Gasteiger partial charge in [-0.1, -0.05) is 44.2 Å². The van der Waals surface area contributed by atoms with Crippen molar-refractivity contribution in [1.29, 1.82) is 0 Å². The summed E-state index contributed by atoms with van der Waals surface area (Å²) < 4.78 is 0. The van der Waals surface area contributed by atoms with E-state index in [-0.39, 0.29) is 17.9 Å². The van der Waals surface area contributed by atoms with E-state index in [1.54, 1.807) is 4.90 Å². The summed E-state index contributed by atoms with van der Waals surface area (Å²) in [6.07, 6.45) is 0.701. The minimum Gasteiger partial charge on any atom is -0.339 e. The third-order valence-electron chi connectivity index (χ3n) is 3.66. The van der Waals surface area contributed by atoms with E-state index in [0.29, 0.717) is 18.9 Å². The Balaban J connectivity index is 2.25. The van der Waals surface area contributed by atoms with Crippen LogP contribution in [-0.4, -0.2) is 29.3 Å². The molecule has 2 amide bonds. The fourth-order valence-electron chi connectivity index (χ4n) is 2.69. The third kappa shape index (κ3) is 2.84. The lowest BCUT2D eigenvalue weighted by molar-refractivity contribution is -0.149. The first kappa shape index (κ1) is 14.6. The molecule has 1 saturated heterocycles. The first-order valence-electron chi connectivity index (χ1n) is 7.20. The summed E-state index contributed by atoms with van der Waals surface area (Å²) in [4.78, 5) is 26.6. The molecule has 0 bridgehead atoms. The second kappa shape index (κ2) is 6.07. The summed E-state index contributed by atoms with van der Waals surface area (Å²) in [7, 11) is 0. The van der Waals surface area contributed by atoms with Gasteiger partial charge in [-0.15, -0.1) is 0 Å². The van der Waals surface area contributed by atoms with Crippen molar-refractivity contribution in [2.24, 2.45) is 5.92 Å². The van der Waals surface area contributed by atoms with Crippen LogP contribution in [0.5, 0.6) is 0 Å². The number of nitrogens with zero attached hydrogens (tertiary/aromatic N) is 1. The Morgan fingerprint density at radius 3 is 2.40 bits per heavy atom. The Morgan fingerprint density at radius 2 is 1.85 bits per heavy atom. The van der Waals surface area contributed by atoms with E-state index >= 15 is 0 Å². The van der Waals surface area contributed by atoms with Gasteiger partial charge in [0.05, 0.1) is 0 Å². The molecule has 2 unspecified atom stereocenters. The fourth-order valence-corrected chi connectivity index (χ4v) is 2.69.